The molecule has 1 aliphatic rings. The number of aliphatic hydroxyl groups is 1. The van der Waals surface area contributed by atoms with Crippen LogP contribution in [0.5, 0.6) is 0 Å². The number of hydrogen-bond acceptors (Lipinski definition) is 4. The maximum absolute atomic E-state index is 12.8. The molecule has 1 amide bonds. The maximum Gasteiger partial charge on any atom is 0.259 e. The summed E-state index contributed by atoms with van der Waals surface area (Å²) < 4.78 is 1.63. The van der Waals surface area contributed by atoms with E-state index in [-0.39, 0.29) is 17.9 Å². The van der Waals surface area contributed by atoms with Crippen molar-refractivity contribution in [3.63, 3.8) is 0 Å². The van der Waals surface area contributed by atoms with Crippen LogP contribution in [0, 0.1) is 12.8 Å². The number of aromatic nitrogens is 3. The van der Waals surface area contributed by atoms with Crippen LogP contribution in [-0.4, -0.2) is 50.2 Å². The molecule has 1 saturated carbocycles. The second-order valence-electron chi connectivity index (χ2n) is 6.15. The molecule has 22 heavy (non-hydrogen) atoms. The lowest BCUT2D eigenvalue weighted by molar-refractivity contribution is 0.0451. The van der Waals surface area contributed by atoms with Crippen molar-refractivity contribution in [2.75, 3.05) is 13.6 Å². The van der Waals surface area contributed by atoms with Crippen molar-refractivity contribution in [2.24, 2.45) is 5.92 Å². The molecule has 3 rings (SSSR count). The van der Waals surface area contributed by atoms with Gasteiger partial charge in [0.25, 0.3) is 5.91 Å². The Kier molecular flexibility index (Phi) is 4.11. The van der Waals surface area contributed by atoms with Gasteiger partial charge in [0.2, 0.25) is 0 Å². The zero-order valence-electron chi connectivity index (χ0n) is 13.1. The Labute approximate surface area is 129 Å². The SMILES string of the molecule is Cc1nn2cccnc2c1C(=O)N(C)CC1CCCCC1O. The molecule has 0 spiro atoms. The average molecular weight is 302 g/mol. The number of carbonyl (C=O) groups excluding carboxylic acids is 1. The summed E-state index contributed by atoms with van der Waals surface area (Å²) in [6, 6.07) is 1.79. The van der Waals surface area contributed by atoms with Gasteiger partial charge in [-0.3, -0.25) is 4.79 Å². The molecule has 6 nitrogen and oxygen atoms in total. The molecule has 2 unspecified atom stereocenters. The summed E-state index contributed by atoms with van der Waals surface area (Å²) in [7, 11) is 1.79. The average Bonchev–Trinajstić information content (AvgIpc) is 2.84. The summed E-state index contributed by atoms with van der Waals surface area (Å²) in [6.07, 6.45) is 7.17. The lowest BCUT2D eigenvalue weighted by Crippen LogP contribution is -2.38. The third kappa shape index (κ3) is 2.70. The number of carbonyl (C=O) groups is 1. The lowest BCUT2D eigenvalue weighted by Gasteiger charge is -2.31. The maximum atomic E-state index is 12.8. The Hall–Kier alpha value is -1.95. The van der Waals surface area contributed by atoms with E-state index >= 15 is 0 Å². The van der Waals surface area contributed by atoms with Crippen LogP contribution < -0.4 is 0 Å². The van der Waals surface area contributed by atoms with E-state index in [4.69, 9.17) is 0 Å². The standard InChI is InChI=1S/C16H22N4O2/c1-11-14(15-17-8-5-9-20(15)18-11)16(22)19(2)10-12-6-3-4-7-13(12)21/h5,8-9,12-13,21H,3-4,6-7,10H2,1-2H3. The number of fused-ring (bicyclic) bond motifs is 1. The highest BCUT2D eigenvalue weighted by Gasteiger charge is 2.28. The molecule has 2 aromatic rings. The van der Waals surface area contributed by atoms with Gasteiger partial charge in [0.15, 0.2) is 5.65 Å². The van der Waals surface area contributed by atoms with Gasteiger partial charge in [0.1, 0.15) is 5.56 Å². The normalized spacial score (nSPS) is 22.0. The van der Waals surface area contributed by atoms with Gasteiger partial charge in [-0.15, -0.1) is 0 Å². The van der Waals surface area contributed by atoms with Gasteiger partial charge >= 0.3 is 0 Å². The molecule has 1 aliphatic carbocycles. The van der Waals surface area contributed by atoms with Gasteiger partial charge in [0.05, 0.1) is 11.8 Å². The summed E-state index contributed by atoms with van der Waals surface area (Å²) in [5.41, 5.74) is 1.81. The van der Waals surface area contributed by atoms with E-state index in [0.717, 1.165) is 25.7 Å². The molecular weight excluding hydrogens is 280 g/mol. The van der Waals surface area contributed by atoms with E-state index in [9.17, 15) is 9.90 Å². The summed E-state index contributed by atoms with van der Waals surface area (Å²) in [6.45, 7) is 2.40. The Morgan fingerprint density at radius 3 is 3.00 bits per heavy atom. The smallest absolute Gasteiger partial charge is 0.259 e. The molecule has 2 heterocycles. The van der Waals surface area contributed by atoms with Gasteiger partial charge < -0.3 is 10.0 Å². The zero-order valence-corrected chi connectivity index (χ0v) is 13.1. The number of aryl methyl sites for hydroxylation is 1. The molecule has 0 bridgehead atoms. The Morgan fingerprint density at radius 2 is 2.23 bits per heavy atom. The van der Waals surface area contributed by atoms with Crippen molar-refractivity contribution in [1.82, 2.24) is 19.5 Å². The van der Waals surface area contributed by atoms with Crippen LogP contribution >= 0.6 is 0 Å². The van der Waals surface area contributed by atoms with Crippen molar-refractivity contribution in [3.05, 3.63) is 29.7 Å². The first kappa shape index (κ1) is 15.0. The molecule has 0 aliphatic heterocycles. The highest BCUT2D eigenvalue weighted by atomic mass is 16.3. The summed E-state index contributed by atoms with van der Waals surface area (Å²) >= 11 is 0. The molecule has 6 heteroatoms. The van der Waals surface area contributed by atoms with Gasteiger partial charge in [-0.25, -0.2) is 9.50 Å². The van der Waals surface area contributed by atoms with Crippen LogP contribution in [0.2, 0.25) is 0 Å². The van der Waals surface area contributed by atoms with Crippen LogP contribution in [0.1, 0.15) is 41.7 Å². The predicted molar refractivity (Wildman–Crippen MR) is 82.6 cm³/mol. The van der Waals surface area contributed by atoms with E-state index in [1.807, 2.05) is 6.92 Å². The van der Waals surface area contributed by atoms with E-state index in [1.165, 1.54) is 0 Å². The van der Waals surface area contributed by atoms with Gasteiger partial charge in [-0.05, 0) is 25.8 Å². The topological polar surface area (TPSA) is 70.7 Å². The lowest BCUT2D eigenvalue weighted by atomic mass is 9.86. The highest BCUT2D eigenvalue weighted by Crippen LogP contribution is 2.25. The van der Waals surface area contributed by atoms with Gasteiger partial charge in [0, 0.05) is 31.9 Å². The van der Waals surface area contributed by atoms with E-state index in [1.54, 1.807) is 34.9 Å². The minimum atomic E-state index is -0.299. The molecule has 0 radical (unpaired) electrons. The first-order valence-corrected chi connectivity index (χ1v) is 7.81. The number of hydrogen-bond donors (Lipinski definition) is 1. The largest absolute Gasteiger partial charge is 0.393 e. The zero-order chi connectivity index (χ0) is 15.7. The third-order valence-corrected chi connectivity index (χ3v) is 4.51. The predicted octanol–water partition coefficient (Wildman–Crippen LogP) is 1.66. The van der Waals surface area contributed by atoms with Crippen LogP contribution in [-0.2, 0) is 0 Å². The third-order valence-electron chi connectivity index (χ3n) is 4.51. The molecule has 2 atom stereocenters. The number of aliphatic hydroxyl groups excluding tert-OH is 1. The van der Waals surface area contributed by atoms with Crippen molar-refractivity contribution in [2.45, 2.75) is 38.7 Å². The van der Waals surface area contributed by atoms with E-state index in [0.29, 0.717) is 23.4 Å². The fourth-order valence-corrected chi connectivity index (χ4v) is 3.27. The van der Waals surface area contributed by atoms with Crippen LogP contribution in [0.15, 0.2) is 18.5 Å². The Morgan fingerprint density at radius 1 is 1.45 bits per heavy atom. The van der Waals surface area contributed by atoms with Crippen LogP contribution in [0.25, 0.3) is 5.65 Å². The minimum absolute atomic E-state index is 0.0797. The first-order valence-electron chi connectivity index (χ1n) is 7.81. The van der Waals surface area contributed by atoms with Gasteiger partial charge in [-0.2, -0.15) is 5.10 Å². The first-order chi connectivity index (χ1) is 10.6. The van der Waals surface area contributed by atoms with Crippen LogP contribution in [0.4, 0.5) is 0 Å². The quantitative estimate of drug-likeness (QED) is 0.936. The molecule has 0 aromatic carbocycles. The number of nitrogens with zero attached hydrogens (tertiary/aromatic N) is 4. The Bertz CT molecular complexity index is 682. The summed E-state index contributed by atoms with van der Waals surface area (Å²) in [4.78, 5) is 18.7. The Balaban J connectivity index is 1.81. The second-order valence-corrected chi connectivity index (χ2v) is 6.15. The number of amides is 1. The van der Waals surface area contributed by atoms with Crippen molar-refractivity contribution >= 4 is 11.6 Å². The molecular formula is C16H22N4O2. The molecule has 2 aromatic heterocycles. The molecule has 0 saturated heterocycles. The van der Waals surface area contributed by atoms with Crippen molar-refractivity contribution in [1.29, 1.82) is 0 Å². The highest BCUT2D eigenvalue weighted by molar-refractivity contribution is 6.00. The fraction of sp³-hybridized carbons (Fsp3) is 0.562. The van der Waals surface area contributed by atoms with Crippen LogP contribution in [0.3, 0.4) is 0 Å². The van der Waals surface area contributed by atoms with E-state index < -0.39 is 0 Å². The van der Waals surface area contributed by atoms with E-state index in [2.05, 4.69) is 10.1 Å². The monoisotopic (exact) mass is 302 g/mol. The van der Waals surface area contributed by atoms with Crippen molar-refractivity contribution in [3.8, 4) is 0 Å². The van der Waals surface area contributed by atoms with Gasteiger partial charge in [-0.1, -0.05) is 12.8 Å². The second kappa shape index (κ2) is 6.04. The number of rotatable bonds is 3. The molecule has 118 valence electrons. The minimum Gasteiger partial charge on any atom is -0.393 e. The molecule has 1 fully saturated rings. The summed E-state index contributed by atoms with van der Waals surface area (Å²) in [5.74, 6) is 0.0850. The fourth-order valence-electron chi connectivity index (χ4n) is 3.27. The summed E-state index contributed by atoms with van der Waals surface area (Å²) in [5, 5.41) is 14.4. The van der Waals surface area contributed by atoms with Crippen molar-refractivity contribution < 1.29 is 9.90 Å². The molecule has 1 N–H and O–H groups in total.